The number of carbonyl (C=O) groups excluding carboxylic acids is 1. The molecule has 1 aromatic heterocycles. The minimum atomic E-state index is -0.742. The largest absolute Gasteiger partial charge is 0.485 e. The average molecular weight is 339 g/mol. The molecule has 2 heterocycles. The summed E-state index contributed by atoms with van der Waals surface area (Å²) >= 11 is 0. The van der Waals surface area contributed by atoms with E-state index in [1.165, 1.54) is 6.21 Å². The van der Waals surface area contributed by atoms with E-state index >= 15 is 0 Å². The molecular weight excluding hydrogens is 318 g/mol. The average Bonchev–Trinajstić information content (AvgIpc) is 2.61. The van der Waals surface area contributed by atoms with Gasteiger partial charge in [0, 0.05) is 18.0 Å². The van der Waals surface area contributed by atoms with E-state index < -0.39 is 6.10 Å². The number of hydrogen-bond donors (Lipinski definition) is 1. The topological polar surface area (TPSA) is 72.8 Å². The standard InChI is InChI=1S/C19H21N3O3/c1-19(2,3)14-6-7-15-16(9-14)25-17(12-24-15)18(23)22-21-11-13-5-4-8-20-10-13/h4-11,17H,12H2,1-3H3,(H,22,23)/t17-/m1/s1. The molecule has 1 amide bonds. The van der Waals surface area contributed by atoms with E-state index in [1.54, 1.807) is 18.5 Å². The Morgan fingerprint density at radius 3 is 2.88 bits per heavy atom. The van der Waals surface area contributed by atoms with Crippen LogP contribution in [0, 0.1) is 0 Å². The van der Waals surface area contributed by atoms with E-state index in [2.05, 4.69) is 36.3 Å². The van der Waals surface area contributed by atoms with E-state index in [0.29, 0.717) is 11.5 Å². The lowest BCUT2D eigenvalue weighted by atomic mass is 9.87. The van der Waals surface area contributed by atoms with Gasteiger partial charge in [0.25, 0.3) is 5.91 Å². The number of carbonyl (C=O) groups is 1. The molecule has 0 spiro atoms. The van der Waals surface area contributed by atoms with Gasteiger partial charge in [-0.05, 0) is 29.2 Å². The van der Waals surface area contributed by atoms with Crippen LogP contribution in [-0.4, -0.2) is 29.8 Å². The van der Waals surface area contributed by atoms with Gasteiger partial charge in [0.05, 0.1) is 6.21 Å². The molecular formula is C19H21N3O3. The number of nitrogens with zero attached hydrogens (tertiary/aromatic N) is 2. The molecule has 0 fully saturated rings. The van der Waals surface area contributed by atoms with Gasteiger partial charge >= 0.3 is 0 Å². The highest BCUT2D eigenvalue weighted by molar-refractivity contribution is 5.84. The molecule has 2 aromatic rings. The van der Waals surface area contributed by atoms with Crippen molar-refractivity contribution in [3.63, 3.8) is 0 Å². The van der Waals surface area contributed by atoms with Crippen LogP contribution in [0.1, 0.15) is 31.9 Å². The van der Waals surface area contributed by atoms with Crippen LogP contribution in [0.5, 0.6) is 11.5 Å². The summed E-state index contributed by atoms with van der Waals surface area (Å²) in [4.78, 5) is 16.2. The van der Waals surface area contributed by atoms with Crippen molar-refractivity contribution in [3.05, 3.63) is 53.9 Å². The number of rotatable bonds is 3. The molecule has 130 valence electrons. The minimum Gasteiger partial charge on any atom is -0.485 e. The van der Waals surface area contributed by atoms with Gasteiger partial charge in [0.2, 0.25) is 6.10 Å². The van der Waals surface area contributed by atoms with Crippen LogP contribution < -0.4 is 14.9 Å². The Labute approximate surface area is 146 Å². The van der Waals surface area contributed by atoms with E-state index in [9.17, 15) is 4.79 Å². The molecule has 0 saturated carbocycles. The van der Waals surface area contributed by atoms with Crippen LogP contribution in [0.25, 0.3) is 0 Å². The molecule has 0 radical (unpaired) electrons. The van der Waals surface area contributed by atoms with Crippen LogP contribution in [0.4, 0.5) is 0 Å². The molecule has 0 aliphatic carbocycles. The van der Waals surface area contributed by atoms with Crippen molar-refractivity contribution in [3.8, 4) is 11.5 Å². The molecule has 25 heavy (non-hydrogen) atoms. The van der Waals surface area contributed by atoms with Crippen molar-refractivity contribution < 1.29 is 14.3 Å². The summed E-state index contributed by atoms with van der Waals surface area (Å²) in [6.07, 6.45) is 4.11. The normalized spacial score (nSPS) is 16.7. The second-order valence-electron chi connectivity index (χ2n) is 6.85. The minimum absolute atomic E-state index is 0.0123. The molecule has 3 rings (SSSR count). The molecule has 1 atom stereocenters. The maximum absolute atomic E-state index is 12.2. The van der Waals surface area contributed by atoms with Crippen LogP contribution >= 0.6 is 0 Å². The zero-order chi connectivity index (χ0) is 17.9. The number of hydrazone groups is 1. The van der Waals surface area contributed by atoms with Gasteiger partial charge < -0.3 is 9.47 Å². The highest BCUT2D eigenvalue weighted by Crippen LogP contribution is 2.36. The van der Waals surface area contributed by atoms with Crippen molar-refractivity contribution >= 4 is 12.1 Å². The molecule has 6 heteroatoms. The van der Waals surface area contributed by atoms with Crippen molar-refractivity contribution in [2.45, 2.75) is 32.3 Å². The van der Waals surface area contributed by atoms with Gasteiger partial charge in [-0.25, -0.2) is 5.43 Å². The molecule has 0 saturated heterocycles. The van der Waals surface area contributed by atoms with Gasteiger partial charge in [-0.3, -0.25) is 9.78 Å². The van der Waals surface area contributed by atoms with Gasteiger partial charge in [-0.2, -0.15) is 5.10 Å². The summed E-state index contributed by atoms with van der Waals surface area (Å²) in [7, 11) is 0. The van der Waals surface area contributed by atoms with Crippen molar-refractivity contribution in [1.82, 2.24) is 10.4 Å². The summed E-state index contributed by atoms with van der Waals surface area (Å²) < 4.78 is 11.5. The molecule has 1 aromatic carbocycles. The number of fused-ring (bicyclic) bond motifs is 1. The van der Waals surface area contributed by atoms with Gasteiger partial charge in [-0.15, -0.1) is 0 Å². The zero-order valence-corrected chi connectivity index (χ0v) is 14.5. The zero-order valence-electron chi connectivity index (χ0n) is 14.5. The lowest BCUT2D eigenvalue weighted by molar-refractivity contribution is -0.130. The lowest BCUT2D eigenvalue weighted by Gasteiger charge is -2.27. The second kappa shape index (κ2) is 6.93. The summed E-state index contributed by atoms with van der Waals surface area (Å²) in [5, 5.41) is 3.93. The first-order chi connectivity index (χ1) is 11.9. The highest BCUT2D eigenvalue weighted by Gasteiger charge is 2.28. The maximum Gasteiger partial charge on any atom is 0.284 e. The summed E-state index contributed by atoms with van der Waals surface area (Å²) in [5.74, 6) is 0.873. The van der Waals surface area contributed by atoms with Crippen molar-refractivity contribution in [2.75, 3.05) is 6.61 Å². The van der Waals surface area contributed by atoms with Crippen LogP contribution in [0.15, 0.2) is 47.8 Å². The second-order valence-corrected chi connectivity index (χ2v) is 6.85. The van der Waals surface area contributed by atoms with Gasteiger partial charge in [0.1, 0.15) is 6.61 Å². The van der Waals surface area contributed by atoms with Crippen molar-refractivity contribution in [1.29, 1.82) is 0 Å². The Hall–Kier alpha value is -2.89. The van der Waals surface area contributed by atoms with Gasteiger partial charge in [-0.1, -0.05) is 32.9 Å². The Bertz CT molecular complexity index is 782. The lowest BCUT2D eigenvalue weighted by Crippen LogP contribution is -2.42. The Morgan fingerprint density at radius 2 is 2.16 bits per heavy atom. The molecule has 6 nitrogen and oxygen atoms in total. The third kappa shape index (κ3) is 4.15. The fraction of sp³-hybridized carbons (Fsp3) is 0.316. The number of amides is 1. The van der Waals surface area contributed by atoms with Crippen LogP contribution in [0.2, 0.25) is 0 Å². The fourth-order valence-electron chi connectivity index (χ4n) is 2.36. The predicted octanol–water partition coefficient (Wildman–Crippen LogP) is 2.67. The Kier molecular flexibility index (Phi) is 4.70. The van der Waals surface area contributed by atoms with Crippen LogP contribution in [0.3, 0.4) is 0 Å². The number of nitrogens with one attached hydrogen (secondary N) is 1. The summed E-state index contributed by atoms with van der Waals surface area (Å²) in [5.41, 5.74) is 4.37. The van der Waals surface area contributed by atoms with E-state index in [4.69, 9.17) is 9.47 Å². The van der Waals surface area contributed by atoms with E-state index in [-0.39, 0.29) is 17.9 Å². The highest BCUT2D eigenvalue weighted by atomic mass is 16.6. The predicted molar refractivity (Wildman–Crippen MR) is 95.0 cm³/mol. The van der Waals surface area contributed by atoms with E-state index in [1.807, 2.05) is 24.3 Å². The van der Waals surface area contributed by atoms with E-state index in [0.717, 1.165) is 11.1 Å². The third-order valence-corrected chi connectivity index (χ3v) is 3.83. The first-order valence-corrected chi connectivity index (χ1v) is 8.10. The molecule has 0 unspecified atom stereocenters. The number of ether oxygens (including phenoxy) is 2. The molecule has 0 bridgehead atoms. The SMILES string of the molecule is CC(C)(C)c1ccc2c(c1)O[C@@H](C(=O)NN=Cc1cccnc1)CO2. The third-order valence-electron chi connectivity index (χ3n) is 3.83. The first kappa shape index (κ1) is 17.0. The van der Waals surface area contributed by atoms with Crippen molar-refractivity contribution in [2.24, 2.45) is 5.10 Å². The monoisotopic (exact) mass is 339 g/mol. The Balaban J connectivity index is 1.65. The fourth-order valence-corrected chi connectivity index (χ4v) is 2.36. The Morgan fingerprint density at radius 1 is 1.32 bits per heavy atom. The smallest absolute Gasteiger partial charge is 0.284 e. The maximum atomic E-state index is 12.2. The van der Waals surface area contributed by atoms with Gasteiger partial charge in [0.15, 0.2) is 11.5 Å². The molecule has 1 N–H and O–H groups in total. The first-order valence-electron chi connectivity index (χ1n) is 8.10. The number of hydrogen-bond acceptors (Lipinski definition) is 5. The number of aromatic nitrogens is 1. The molecule has 1 aliphatic rings. The molecule has 1 aliphatic heterocycles. The quantitative estimate of drug-likeness (QED) is 0.689. The number of benzene rings is 1. The summed E-state index contributed by atoms with van der Waals surface area (Å²) in [6.45, 7) is 6.51. The summed E-state index contributed by atoms with van der Waals surface area (Å²) in [6, 6.07) is 9.46. The van der Waals surface area contributed by atoms with Crippen LogP contribution in [-0.2, 0) is 10.2 Å². The number of pyridine rings is 1.